The molecule has 2 bridgehead atoms. The number of carbonyl (C=O) groups excluding carboxylic acids is 1. The fourth-order valence-corrected chi connectivity index (χ4v) is 5.64. The molecule has 0 aliphatic heterocycles. The molecule has 3 unspecified atom stereocenters. The molecule has 3 atom stereocenters. The van der Waals surface area contributed by atoms with E-state index >= 15 is 0 Å². The molecule has 2 fully saturated rings. The minimum Gasteiger partial charge on any atom is -0.502 e. The Morgan fingerprint density at radius 3 is 2.62 bits per heavy atom. The normalized spacial score (nSPS) is 32.0. The Hall–Kier alpha value is -0.653. The maximum absolute atomic E-state index is 13.0. The summed E-state index contributed by atoms with van der Waals surface area (Å²) in [6, 6.07) is 1.27. The average Bonchev–Trinajstić information content (AvgIpc) is 2.82. The van der Waals surface area contributed by atoms with Gasteiger partial charge in [-0.2, -0.15) is 0 Å². The molecule has 2 rings (SSSR count). The van der Waals surface area contributed by atoms with Gasteiger partial charge in [0.15, 0.2) is 5.78 Å². The number of Topliss-reactive ketones (excluding diaryl/α,β-unsaturated/α-hetero) is 1. The van der Waals surface area contributed by atoms with Crippen molar-refractivity contribution in [3.8, 4) is 0 Å². The second-order valence-corrected chi connectivity index (χ2v) is 14.7. The summed E-state index contributed by atoms with van der Waals surface area (Å²) in [6.07, 6.45) is 6.45. The summed E-state index contributed by atoms with van der Waals surface area (Å²) in [4.78, 5) is 13.0. The summed E-state index contributed by atoms with van der Waals surface area (Å²) >= 11 is 0. The Bertz CT molecular complexity index is 480. The van der Waals surface area contributed by atoms with Crippen LogP contribution < -0.4 is 0 Å². The first-order chi connectivity index (χ1) is 11.2. The molecule has 5 heteroatoms. The highest BCUT2D eigenvalue weighted by atomic mass is 28.3. The summed E-state index contributed by atoms with van der Waals surface area (Å²) in [5, 5.41) is 0. The third-order valence-electron chi connectivity index (χ3n) is 5.99. The van der Waals surface area contributed by atoms with Crippen LogP contribution in [0, 0.1) is 16.7 Å². The van der Waals surface area contributed by atoms with Crippen LogP contribution in [0.25, 0.3) is 0 Å². The second-order valence-electron chi connectivity index (χ2n) is 9.03. The molecule has 2 saturated carbocycles. The lowest BCUT2D eigenvalue weighted by atomic mass is 9.69. The summed E-state index contributed by atoms with van der Waals surface area (Å²) in [6.45, 7) is 12.4. The number of rotatable bonds is 9. The zero-order chi connectivity index (χ0) is 18.0. The summed E-state index contributed by atoms with van der Waals surface area (Å²) < 4.78 is 16.4. The first-order valence-corrected chi connectivity index (χ1v) is 12.8. The number of methoxy groups -OCH3 is 1. The molecule has 2 aliphatic carbocycles. The first kappa shape index (κ1) is 19.7. The van der Waals surface area contributed by atoms with Crippen LogP contribution in [-0.2, 0) is 19.0 Å². The highest BCUT2D eigenvalue weighted by Crippen LogP contribution is 2.65. The van der Waals surface area contributed by atoms with Crippen molar-refractivity contribution in [1.29, 1.82) is 0 Å². The minimum absolute atomic E-state index is 0.0966. The highest BCUT2D eigenvalue weighted by Gasteiger charge is 2.68. The lowest BCUT2D eigenvalue weighted by Gasteiger charge is -2.33. The van der Waals surface area contributed by atoms with Gasteiger partial charge < -0.3 is 14.2 Å². The standard InChI is InChI=1S/C19H34O4Si/c1-18(2)15-8-9-19(18,17(20)16(15)23-14-21-3)10-12-22-11-7-13-24(4,5)6/h10,12,15-16H,7-9,11,13-14H2,1-6H3/b12-10-. The van der Waals surface area contributed by atoms with Crippen molar-refractivity contribution in [3.63, 3.8) is 0 Å². The van der Waals surface area contributed by atoms with E-state index in [9.17, 15) is 4.79 Å². The van der Waals surface area contributed by atoms with E-state index < -0.39 is 13.5 Å². The quantitative estimate of drug-likeness (QED) is 0.269. The molecular weight excluding hydrogens is 320 g/mol. The van der Waals surface area contributed by atoms with Crippen molar-refractivity contribution in [3.05, 3.63) is 12.3 Å². The van der Waals surface area contributed by atoms with Gasteiger partial charge in [-0.3, -0.25) is 4.79 Å². The summed E-state index contributed by atoms with van der Waals surface area (Å²) in [5.41, 5.74) is -0.546. The molecule has 0 N–H and O–H groups in total. The molecule has 4 nitrogen and oxygen atoms in total. The third kappa shape index (κ3) is 3.63. The zero-order valence-corrected chi connectivity index (χ0v) is 17.2. The van der Waals surface area contributed by atoms with Gasteiger partial charge in [0.05, 0.1) is 18.3 Å². The second kappa shape index (κ2) is 7.30. The van der Waals surface area contributed by atoms with Crippen LogP contribution in [0.15, 0.2) is 12.3 Å². The number of ketones is 1. The van der Waals surface area contributed by atoms with Crippen molar-refractivity contribution in [2.24, 2.45) is 16.7 Å². The molecule has 0 saturated heterocycles. The van der Waals surface area contributed by atoms with E-state index in [2.05, 4.69) is 33.5 Å². The van der Waals surface area contributed by atoms with Gasteiger partial charge in [-0.05, 0) is 36.7 Å². The molecule has 0 aromatic rings. The van der Waals surface area contributed by atoms with E-state index in [0.29, 0.717) is 0 Å². The van der Waals surface area contributed by atoms with Gasteiger partial charge in [-0.25, -0.2) is 0 Å². The van der Waals surface area contributed by atoms with Crippen LogP contribution in [0.2, 0.25) is 25.7 Å². The van der Waals surface area contributed by atoms with Crippen LogP contribution in [-0.4, -0.2) is 40.5 Å². The molecule has 24 heavy (non-hydrogen) atoms. The van der Waals surface area contributed by atoms with Crippen molar-refractivity contribution in [1.82, 2.24) is 0 Å². The Labute approximate surface area is 147 Å². The van der Waals surface area contributed by atoms with Crippen LogP contribution in [0.3, 0.4) is 0 Å². The van der Waals surface area contributed by atoms with Crippen LogP contribution in [0.5, 0.6) is 0 Å². The van der Waals surface area contributed by atoms with Gasteiger partial charge in [-0.15, -0.1) is 0 Å². The monoisotopic (exact) mass is 354 g/mol. The largest absolute Gasteiger partial charge is 0.502 e. The molecule has 0 aromatic heterocycles. The first-order valence-electron chi connectivity index (χ1n) is 9.10. The Morgan fingerprint density at radius 2 is 2.00 bits per heavy atom. The smallest absolute Gasteiger partial charge is 0.172 e. The van der Waals surface area contributed by atoms with E-state index in [-0.39, 0.29) is 30.0 Å². The lowest BCUT2D eigenvalue weighted by Crippen LogP contribution is -2.37. The molecule has 0 spiro atoms. The number of carbonyl (C=O) groups is 1. The van der Waals surface area contributed by atoms with Crippen molar-refractivity contribution in [2.75, 3.05) is 20.5 Å². The van der Waals surface area contributed by atoms with Gasteiger partial charge >= 0.3 is 0 Å². The van der Waals surface area contributed by atoms with E-state index in [1.165, 1.54) is 6.04 Å². The van der Waals surface area contributed by atoms with E-state index in [0.717, 1.165) is 25.9 Å². The SMILES string of the molecule is COCOC1C(=O)C2(/C=C\OCCC[Si](C)(C)C)CCC1C2(C)C. The Balaban J connectivity index is 1.97. The van der Waals surface area contributed by atoms with Gasteiger partial charge in [0.25, 0.3) is 0 Å². The lowest BCUT2D eigenvalue weighted by molar-refractivity contribution is -0.146. The fraction of sp³-hybridized carbons (Fsp3) is 0.842. The highest BCUT2D eigenvalue weighted by molar-refractivity contribution is 6.76. The number of hydrogen-bond acceptors (Lipinski definition) is 4. The number of fused-ring (bicyclic) bond motifs is 2. The number of ether oxygens (including phenoxy) is 3. The fourth-order valence-electron chi connectivity index (χ4n) is 4.44. The molecule has 0 heterocycles. The number of allylic oxidation sites excluding steroid dienone is 1. The zero-order valence-electron chi connectivity index (χ0n) is 16.2. The molecule has 0 aromatic carbocycles. The summed E-state index contributed by atoms with van der Waals surface area (Å²) in [5.74, 6) is 0.458. The Morgan fingerprint density at radius 1 is 1.29 bits per heavy atom. The molecule has 2 aliphatic rings. The van der Waals surface area contributed by atoms with Crippen LogP contribution >= 0.6 is 0 Å². The predicted molar refractivity (Wildman–Crippen MR) is 98.6 cm³/mol. The van der Waals surface area contributed by atoms with Gasteiger partial charge in [0.2, 0.25) is 0 Å². The number of hydrogen-bond donors (Lipinski definition) is 0. The van der Waals surface area contributed by atoms with Crippen LogP contribution in [0.4, 0.5) is 0 Å². The van der Waals surface area contributed by atoms with E-state index in [4.69, 9.17) is 14.2 Å². The maximum Gasteiger partial charge on any atom is 0.172 e. The van der Waals surface area contributed by atoms with Crippen molar-refractivity contribution >= 4 is 13.9 Å². The third-order valence-corrected chi connectivity index (χ3v) is 7.85. The Kier molecular flexibility index (Phi) is 5.98. The van der Waals surface area contributed by atoms with Gasteiger partial charge in [0, 0.05) is 15.2 Å². The summed E-state index contributed by atoms with van der Waals surface area (Å²) in [7, 11) is 0.589. The van der Waals surface area contributed by atoms with Crippen LogP contribution in [0.1, 0.15) is 33.1 Å². The molecule has 138 valence electrons. The van der Waals surface area contributed by atoms with E-state index in [1.54, 1.807) is 13.4 Å². The van der Waals surface area contributed by atoms with Gasteiger partial charge in [-0.1, -0.05) is 39.5 Å². The van der Waals surface area contributed by atoms with Crippen molar-refractivity contribution in [2.45, 2.75) is 64.9 Å². The van der Waals surface area contributed by atoms with E-state index in [1.807, 2.05) is 6.08 Å². The van der Waals surface area contributed by atoms with Crippen molar-refractivity contribution < 1.29 is 19.0 Å². The maximum atomic E-state index is 13.0. The molecule has 0 radical (unpaired) electrons. The average molecular weight is 355 g/mol. The predicted octanol–water partition coefficient (Wildman–Crippen LogP) is 4.24. The van der Waals surface area contributed by atoms with Gasteiger partial charge in [0.1, 0.15) is 12.9 Å². The topological polar surface area (TPSA) is 44.8 Å². The molecular formula is C19H34O4Si. The molecule has 0 amide bonds. The minimum atomic E-state index is -1.00.